The van der Waals surface area contributed by atoms with E-state index in [1.165, 1.54) is 0 Å². The molecule has 0 bridgehead atoms. The topological polar surface area (TPSA) is 76.9 Å². The van der Waals surface area contributed by atoms with E-state index in [4.69, 9.17) is 15.6 Å². The molecule has 2 heterocycles. The number of nitrogens with two attached hydrogens (primary N) is 1. The molecule has 0 atom stereocenters. The molecule has 5 nitrogen and oxygen atoms in total. The van der Waals surface area contributed by atoms with E-state index in [1.807, 2.05) is 61.5 Å². The van der Waals surface area contributed by atoms with Crippen LogP contribution in [0, 0.1) is 18.3 Å². The highest BCUT2D eigenvalue weighted by molar-refractivity contribution is 5.88. The lowest BCUT2D eigenvalue weighted by Crippen LogP contribution is -2.36. The van der Waals surface area contributed by atoms with Gasteiger partial charge in [0.15, 0.2) is 0 Å². The highest BCUT2D eigenvalue weighted by Crippen LogP contribution is 2.60. The van der Waals surface area contributed by atoms with Gasteiger partial charge in [0.05, 0.1) is 22.4 Å². The van der Waals surface area contributed by atoms with Crippen LogP contribution in [0.15, 0.2) is 90.3 Å². The number of aromatic nitrogens is 2. The third kappa shape index (κ3) is 2.06. The number of rotatable bonds is 1. The van der Waals surface area contributed by atoms with Crippen molar-refractivity contribution in [3.05, 3.63) is 113 Å². The summed E-state index contributed by atoms with van der Waals surface area (Å²) >= 11 is 0. The molecule has 1 spiro atoms. The summed E-state index contributed by atoms with van der Waals surface area (Å²) in [6.07, 6.45) is 0. The minimum absolute atomic E-state index is 0.110. The molecule has 0 unspecified atom stereocenters. The number of nitriles is 1. The smallest absolute Gasteiger partial charge is 0.229 e. The maximum atomic E-state index is 10.3. The second-order valence-electron chi connectivity index (χ2n) is 7.81. The van der Waals surface area contributed by atoms with Gasteiger partial charge < -0.3 is 10.5 Å². The van der Waals surface area contributed by atoms with E-state index in [9.17, 15) is 5.26 Å². The fraction of sp³-hybridized carbons (Fsp3) is 0.0769. The van der Waals surface area contributed by atoms with Crippen molar-refractivity contribution < 1.29 is 4.74 Å². The first-order chi connectivity index (χ1) is 15.2. The summed E-state index contributed by atoms with van der Waals surface area (Å²) in [5.74, 6) is 0.658. The molecule has 2 aliphatic rings. The molecule has 3 aromatic carbocycles. The molecule has 1 aromatic heterocycles. The fourth-order valence-corrected chi connectivity index (χ4v) is 5.15. The van der Waals surface area contributed by atoms with Crippen LogP contribution in [0.2, 0.25) is 0 Å². The molecule has 0 radical (unpaired) electrons. The number of para-hydroxylation sites is 1. The van der Waals surface area contributed by atoms with Crippen LogP contribution >= 0.6 is 0 Å². The van der Waals surface area contributed by atoms with E-state index in [0.717, 1.165) is 39.2 Å². The zero-order chi connectivity index (χ0) is 21.2. The van der Waals surface area contributed by atoms with Crippen molar-refractivity contribution in [2.45, 2.75) is 12.3 Å². The van der Waals surface area contributed by atoms with Crippen molar-refractivity contribution in [2.24, 2.45) is 5.73 Å². The van der Waals surface area contributed by atoms with E-state index in [-0.39, 0.29) is 5.88 Å². The summed E-state index contributed by atoms with van der Waals surface area (Å²) in [6, 6.07) is 28.6. The van der Waals surface area contributed by atoms with Crippen molar-refractivity contribution in [2.75, 3.05) is 0 Å². The van der Waals surface area contributed by atoms with Gasteiger partial charge in [0.1, 0.15) is 11.6 Å². The number of nitrogens with zero attached hydrogens (tertiary/aromatic N) is 3. The lowest BCUT2D eigenvalue weighted by Gasteiger charge is -2.36. The monoisotopic (exact) mass is 402 g/mol. The predicted octanol–water partition coefficient (Wildman–Crippen LogP) is 4.58. The molecule has 5 heteroatoms. The summed E-state index contributed by atoms with van der Waals surface area (Å²) in [5.41, 5.74) is 12.7. The first-order valence-electron chi connectivity index (χ1n) is 10.1. The van der Waals surface area contributed by atoms with Crippen LogP contribution in [0.1, 0.15) is 22.4 Å². The van der Waals surface area contributed by atoms with Gasteiger partial charge in [-0.3, -0.25) is 0 Å². The first kappa shape index (κ1) is 17.5. The van der Waals surface area contributed by atoms with Gasteiger partial charge in [-0.2, -0.15) is 10.4 Å². The molecule has 6 rings (SSSR count). The van der Waals surface area contributed by atoms with E-state index in [1.54, 1.807) is 4.68 Å². The summed E-state index contributed by atoms with van der Waals surface area (Å²) in [7, 11) is 0. The van der Waals surface area contributed by atoms with Gasteiger partial charge in [-0.15, -0.1) is 0 Å². The van der Waals surface area contributed by atoms with Crippen LogP contribution in [0.5, 0.6) is 5.88 Å². The quantitative estimate of drug-likeness (QED) is 0.505. The Hall–Kier alpha value is -4.30. The van der Waals surface area contributed by atoms with Crippen molar-refractivity contribution in [3.63, 3.8) is 0 Å². The van der Waals surface area contributed by atoms with E-state index >= 15 is 0 Å². The zero-order valence-electron chi connectivity index (χ0n) is 16.8. The van der Waals surface area contributed by atoms with Gasteiger partial charge in [-0.25, -0.2) is 4.68 Å². The molecule has 2 N–H and O–H groups in total. The van der Waals surface area contributed by atoms with Crippen LogP contribution in [-0.2, 0) is 5.41 Å². The average Bonchev–Trinajstić information content (AvgIpc) is 3.28. The zero-order valence-corrected chi connectivity index (χ0v) is 16.8. The molecule has 0 fully saturated rings. The summed E-state index contributed by atoms with van der Waals surface area (Å²) in [6.45, 7) is 1.96. The maximum Gasteiger partial charge on any atom is 0.229 e. The summed E-state index contributed by atoms with van der Waals surface area (Å²) < 4.78 is 7.87. The Balaban J connectivity index is 1.80. The number of aryl methyl sites for hydroxylation is 1. The number of allylic oxidation sites excluding steroid dienone is 1. The summed E-state index contributed by atoms with van der Waals surface area (Å²) in [4.78, 5) is 0. The van der Waals surface area contributed by atoms with Gasteiger partial charge in [-0.1, -0.05) is 66.7 Å². The van der Waals surface area contributed by atoms with Crippen LogP contribution in [0.3, 0.4) is 0 Å². The normalized spacial score (nSPS) is 15.1. The minimum atomic E-state index is -0.864. The third-order valence-corrected chi connectivity index (χ3v) is 6.29. The Morgan fingerprint density at radius 3 is 2.10 bits per heavy atom. The van der Waals surface area contributed by atoms with Crippen LogP contribution in [0.4, 0.5) is 0 Å². The highest BCUT2D eigenvalue weighted by Gasteiger charge is 2.55. The van der Waals surface area contributed by atoms with E-state index in [2.05, 4.69) is 30.3 Å². The van der Waals surface area contributed by atoms with E-state index < -0.39 is 5.41 Å². The average molecular weight is 402 g/mol. The lowest BCUT2D eigenvalue weighted by atomic mass is 9.66. The van der Waals surface area contributed by atoms with Crippen molar-refractivity contribution >= 4 is 0 Å². The largest absolute Gasteiger partial charge is 0.422 e. The highest BCUT2D eigenvalue weighted by atomic mass is 16.5. The molecule has 0 amide bonds. The maximum absolute atomic E-state index is 10.3. The molecular weight excluding hydrogens is 384 g/mol. The van der Waals surface area contributed by atoms with E-state index in [0.29, 0.717) is 11.5 Å². The Labute approximate surface area is 179 Å². The molecule has 0 saturated heterocycles. The molecule has 148 valence electrons. The van der Waals surface area contributed by atoms with Crippen LogP contribution in [0.25, 0.3) is 16.8 Å². The van der Waals surface area contributed by atoms with Crippen LogP contribution < -0.4 is 10.5 Å². The SMILES string of the molecule is Cc1nn(-c2ccccc2)c2c1C1(C(C#N)=C(N)O2)c2ccccc2-c2ccccc21. The minimum Gasteiger partial charge on any atom is -0.422 e. The molecule has 1 aliphatic carbocycles. The molecular formula is C26H18N4O. The van der Waals surface area contributed by atoms with Crippen LogP contribution in [-0.4, -0.2) is 9.78 Å². The fourth-order valence-electron chi connectivity index (χ4n) is 5.15. The van der Waals surface area contributed by atoms with Crippen molar-refractivity contribution in [1.82, 2.24) is 9.78 Å². The van der Waals surface area contributed by atoms with Gasteiger partial charge >= 0.3 is 0 Å². The number of hydrogen-bond acceptors (Lipinski definition) is 4. The van der Waals surface area contributed by atoms with Gasteiger partial charge in [0.2, 0.25) is 11.8 Å². The Morgan fingerprint density at radius 2 is 1.48 bits per heavy atom. The number of hydrogen-bond donors (Lipinski definition) is 1. The van der Waals surface area contributed by atoms with Gasteiger partial charge in [0, 0.05) is 0 Å². The molecule has 1 aliphatic heterocycles. The predicted molar refractivity (Wildman–Crippen MR) is 118 cm³/mol. The third-order valence-electron chi connectivity index (χ3n) is 6.29. The first-order valence-corrected chi connectivity index (χ1v) is 10.1. The molecule has 0 saturated carbocycles. The molecule has 4 aromatic rings. The Morgan fingerprint density at radius 1 is 0.903 bits per heavy atom. The van der Waals surface area contributed by atoms with Crippen molar-refractivity contribution in [3.8, 4) is 28.8 Å². The molecule has 31 heavy (non-hydrogen) atoms. The Bertz CT molecular complexity index is 1390. The second kappa shape index (κ2) is 6.10. The lowest BCUT2D eigenvalue weighted by molar-refractivity contribution is 0.356. The number of ether oxygens (including phenoxy) is 1. The van der Waals surface area contributed by atoms with Gasteiger partial charge in [-0.05, 0) is 41.3 Å². The Kier molecular flexibility index (Phi) is 3.45. The second-order valence-corrected chi connectivity index (χ2v) is 7.81. The van der Waals surface area contributed by atoms with Gasteiger partial charge in [0.25, 0.3) is 0 Å². The number of fused-ring (bicyclic) bond motifs is 7. The summed E-state index contributed by atoms with van der Waals surface area (Å²) in [5, 5.41) is 15.1. The van der Waals surface area contributed by atoms with Crippen molar-refractivity contribution in [1.29, 1.82) is 5.26 Å². The standard InChI is InChI=1S/C26H18N4O/c1-16-23-25(30(29-16)17-9-3-2-4-10-17)31-24(28)22(15-27)26(23)20-13-7-5-11-18(20)19-12-6-8-14-21(19)26/h2-14H,28H2,1H3. The number of benzene rings is 3.